The van der Waals surface area contributed by atoms with E-state index in [0.717, 1.165) is 31.3 Å². The zero-order valence-corrected chi connectivity index (χ0v) is 11.9. The monoisotopic (exact) mass is 251 g/mol. The van der Waals surface area contributed by atoms with Gasteiger partial charge in [-0.15, -0.1) is 0 Å². The van der Waals surface area contributed by atoms with Crippen LogP contribution in [0.2, 0.25) is 0 Å². The van der Waals surface area contributed by atoms with E-state index in [-0.39, 0.29) is 0 Å². The molecule has 18 heavy (non-hydrogen) atoms. The average molecular weight is 251 g/mol. The van der Waals surface area contributed by atoms with Gasteiger partial charge in [-0.25, -0.2) is 4.98 Å². The van der Waals surface area contributed by atoms with Crippen LogP contribution >= 0.6 is 0 Å². The van der Waals surface area contributed by atoms with Gasteiger partial charge < -0.3 is 15.2 Å². The van der Waals surface area contributed by atoms with Crippen molar-refractivity contribution in [2.24, 2.45) is 10.9 Å². The van der Waals surface area contributed by atoms with Gasteiger partial charge in [0.15, 0.2) is 5.96 Å². The predicted octanol–water partition coefficient (Wildman–Crippen LogP) is 1.61. The van der Waals surface area contributed by atoms with E-state index in [9.17, 15) is 0 Å². The number of nitrogens with zero attached hydrogens (tertiary/aromatic N) is 3. The SMILES string of the molecule is CCCNC(=NC)NCc1nccn1CC(C)C. The number of aromatic nitrogens is 2. The van der Waals surface area contributed by atoms with Gasteiger partial charge in [-0.3, -0.25) is 4.99 Å². The van der Waals surface area contributed by atoms with Crippen LogP contribution in [0.4, 0.5) is 0 Å². The van der Waals surface area contributed by atoms with Gasteiger partial charge in [0.2, 0.25) is 0 Å². The van der Waals surface area contributed by atoms with E-state index in [1.54, 1.807) is 7.05 Å². The lowest BCUT2D eigenvalue weighted by atomic mass is 10.2. The molecule has 1 aromatic rings. The van der Waals surface area contributed by atoms with Gasteiger partial charge in [0.25, 0.3) is 0 Å². The Hall–Kier alpha value is -1.52. The van der Waals surface area contributed by atoms with Crippen molar-refractivity contribution in [1.82, 2.24) is 20.2 Å². The Morgan fingerprint density at radius 1 is 1.44 bits per heavy atom. The van der Waals surface area contributed by atoms with Crippen LogP contribution in [-0.4, -0.2) is 29.1 Å². The molecule has 0 atom stereocenters. The molecule has 1 aromatic heterocycles. The van der Waals surface area contributed by atoms with Crippen molar-refractivity contribution in [3.63, 3.8) is 0 Å². The highest BCUT2D eigenvalue weighted by Crippen LogP contribution is 2.03. The smallest absolute Gasteiger partial charge is 0.191 e. The summed E-state index contributed by atoms with van der Waals surface area (Å²) in [5, 5.41) is 6.52. The van der Waals surface area contributed by atoms with Gasteiger partial charge in [0.1, 0.15) is 5.82 Å². The summed E-state index contributed by atoms with van der Waals surface area (Å²) in [6, 6.07) is 0. The van der Waals surface area contributed by atoms with Crippen LogP contribution in [0.1, 0.15) is 33.0 Å². The van der Waals surface area contributed by atoms with Crippen molar-refractivity contribution in [3.05, 3.63) is 18.2 Å². The molecular formula is C13H25N5. The van der Waals surface area contributed by atoms with Crippen LogP contribution in [-0.2, 0) is 13.1 Å². The van der Waals surface area contributed by atoms with Gasteiger partial charge in [0, 0.05) is 32.5 Å². The maximum Gasteiger partial charge on any atom is 0.191 e. The first-order chi connectivity index (χ1) is 8.67. The fraction of sp³-hybridized carbons (Fsp3) is 0.692. The van der Waals surface area contributed by atoms with Gasteiger partial charge in [-0.05, 0) is 12.3 Å². The highest BCUT2D eigenvalue weighted by molar-refractivity contribution is 5.79. The summed E-state index contributed by atoms with van der Waals surface area (Å²) < 4.78 is 2.19. The van der Waals surface area contributed by atoms with Crippen molar-refractivity contribution in [1.29, 1.82) is 0 Å². The lowest BCUT2D eigenvalue weighted by Crippen LogP contribution is -2.37. The van der Waals surface area contributed by atoms with Crippen LogP contribution in [0.5, 0.6) is 0 Å². The lowest BCUT2D eigenvalue weighted by molar-refractivity contribution is 0.503. The molecule has 1 rings (SSSR count). The van der Waals surface area contributed by atoms with E-state index in [2.05, 4.69) is 45.9 Å². The van der Waals surface area contributed by atoms with Gasteiger partial charge in [0.05, 0.1) is 6.54 Å². The fourth-order valence-electron chi connectivity index (χ4n) is 1.69. The molecule has 0 fully saturated rings. The molecule has 0 amide bonds. The molecule has 0 unspecified atom stereocenters. The molecule has 102 valence electrons. The highest BCUT2D eigenvalue weighted by atomic mass is 15.2. The minimum absolute atomic E-state index is 0.621. The third kappa shape index (κ3) is 4.77. The normalized spacial score (nSPS) is 11.9. The standard InChI is InChI=1S/C13H25N5/c1-5-6-16-13(14-4)17-9-12-15-7-8-18(12)10-11(2)3/h7-8,11H,5-6,9-10H2,1-4H3,(H2,14,16,17). The van der Waals surface area contributed by atoms with Crippen LogP contribution in [0.15, 0.2) is 17.4 Å². The predicted molar refractivity (Wildman–Crippen MR) is 75.6 cm³/mol. The van der Waals surface area contributed by atoms with Crippen molar-refractivity contribution in [2.75, 3.05) is 13.6 Å². The highest BCUT2D eigenvalue weighted by Gasteiger charge is 2.05. The van der Waals surface area contributed by atoms with E-state index in [4.69, 9.17) is 0 Å². The molecule has 0 aromatic carbocycles. The Kier molecular flexibility index (Phi) is 6.25. The first kappa shape index (κ1) is 14.5. The molecule has 0 aliphatic rings. The third-order valence-corrected chi connectivity index (χ3v) is 2.54. The minimum atomic E-state index is 0.621. The van der Waals surface area contributed by atoms with Crippen molar-refractivity contribution in [3.8, 4) is 0 Å². The van der Waals surface area contributed by atoms with Crippen molar-refractivity contribution >= 4 is 5.96 Å². The van der Waals surface area contributed by atoms with Crippen molar-refractivity contribution in [2.45, 2.75) is 40.3 Å². The quantitative estimate of drug-likeness (QED) is 0.596. The molecule has 0 saturated heterocycles. The van der Waals surface area contributed by atoms with Crippen LogP contribution in [0.3, 0.4) is 0 Å². The Morgan fingerprint density at radius 3 is 2.83 bits per heavy atom. The number of aliphatic imine (C=N–C) groups is 1. The minimum Gasteiger partial charge on any atom is -0.356 e. The summed E-state index contributed by atoms with van der Waals surface area (Å²) in [7, 11) is 1.78. The molecule has 0 spiro atoms. The first-order valence-corrected chi connectivity index (χ1v) is 6.61. The molecule has 0 aliphatic carbocycles. The number of rotatable bonds is 6. The summed E-state index contributed by atoms with van der Waals surface area (Å²) in [6.07, 6.45) is 4.96. The second kappa shape index (κ2) is 7.74. The van der Waals surface area contributed by atoms with E-state index >= 15 is 0 Å². The topological polar surface area (TPSA) is 54.2 Å². The van der Waals surface area contributed by atoms with E-state index in [0.29, 0.717) is 12.5 Å². The zero-order valence-electron chi connectivity index (χ0n) is 11.9. The molecule has 1 heterocycles. The molecule has 5 heteroatoms. The summed E-state index contributed by atoms with van der Waals surface area (Å²) in [5.74, 6) is 2.49. The second-order valence-corrected chi connectivity index (χ2v) is 4.74. The Bertz CT molecular complexity index is 367. The molecule has 0 saturated carbocycles. The molecule has 0 aliphatic heterocycles. The lowest BCUT2D eigenvalue weighted by Gasteiger charge is -2.13. The first-order valence-electron chi connectivity index (χ1n) is 6.61. The Balaban J connectivity index is 2.49. The van der Waals surface area contributed by atoms with Crippen LogP contribution in [0, 0.1) is 5.92 Å². The van der Waals surface area contributed by atoms with Crippen LogP contribution in [0.25, 0.3) is 0 Å². The third-order valence-electron chi connectivity index (χ3n) is 2.54. The molecule has 2 N–H and O–H groups in total. The van der Waals surface area contributed by atoms with Crippen molar-refractivity contribution < 1.29 is 0 Å². The van der Waals surface area contributed by atoms with E-state index in [1.807, 2.05) is 12.4 Å². The molecule has 0 bridgehead atoms. The van der Waals surface area contributed by atoms with E-state index < -0.39 is 0 Å². The van der Waals surface area contributed by atoms with Gasteiger partial charge in [-0.2, -0.15) is 0 Å². The Morgan fingerprint density at radius 2 is 2.22 bits per heavy atom. The Labute approximate surface area is 110 Å². The second-order valence-electron chi connectivity index (χ2n) is 4.74. The maximum atomic E-state index is 4.37. The number of guanidine groups is 1. The largest absolute Gasteiger partial charge is 0.356 e. The molecule has 5 nitrogen and oxygen atoms in total. The van der Waals surface area contributed by atoms with Gasteiger partial charge >= 0.3 is 0 Å². The van der Waals surface area contributed by atoms with E-state index in [1.165, 1.54) is 0 Å². The summed E-state index contributed by atoms with van der Waals surface area (Å²) in [5.41, 5.74) is 0. The maximum absolute atomic E-state index is 4.37. The number of nitrogens with one attached hydrogen (secondary N) is 2. The molecule has 0 radical (unpaired) electrons. The summed E-state index contributed by atoms with van der Waals surface area (Å²) in [4.78, 5) is 8.55. The van der Waals surface area contributed by atoms with Gasteiger partial charge in [-0.1, -0.05) is 20.8 Å². The number of imidazole rings is 1. The summed E-state index contributed by atoms with van der Waals surface area (Å²) >= 11 is 0. The fourth-order valence-corrected chi connectivity index (χ4v) is 1.69. The number of hydrogen-bond donors (Lipinski definition) is 2. The molecular weight excluding hydrogens is 226 g/mol. The average Bonchev–Trinajstić information content (AvgIpc) is 2.76. The van der Waals surface area contributed by atoms with Crippen LogP contribution < -0.4 is 10.6 Å². The summed E-state index contributed by atoms with van der Waals surface area (Å²) in [6.45, 7) is 9.18. The number of hydrogen-bond acceptors (Lipinski definition) is 2. The zero-order chi connectivity index (χ0) is 13.4.